The number of anilines is 1. The van der Waals surface area contributed by atoms with E-state index in [-0.39, 0.29) is 5.91 Å². The SMILES string of the molecule is Nc1ncnc2c1ncn2-c1ccc(CNC(=O)c2cncn2Cc2ccccc2)cc1. The number of hydrogen-bond donors (Lipinski definition) is 2. The second-order valence-electron chi connectivity index (χ2n) is 7.29. The van der Waals surface area contributed by atoms with E-state index in [1.807, 2.05) is 63.7 Å². The van der Waals surface area contributed by atoms with Crippen molar-refractivity contribution in [3.05, 3.63) is 96.6 Å². The normalized spacial score (nSPS) is 11.0. The number of nitrogens with two attached hydrogens (primary N) is 1. The molecule has 0 saturated heterocycles. The van der Waals surface area contributed by atoms with E-state index in [1.54, 1.807) is 18.9 Å². The molecule has 32 heavy (non-hydrogen) atoms. The number of aromatic nitrogens is 6. The lowest BCUT2D eigenvalue weighted by molar-refractivity contribution is 0.0942. The molecule has 0 unspecified atom stereocenters. The van der Waals surface area contributed by atoms with Crippen LogP contribution in [-0.4, -0.2) is 35.0 Å². The van der Waals surface area contributed by atoms with Gasteiger partial charge in [0.2, 0.25) is 0 Å². The molecule has 5 aromatic rings. The number of nitrogens with zero attached hydrogens (tertiary/aromatic N) is 6. The van der Waals surface area contributed by atoms with Crippen molar-refractivity contribution in [3.63, 3.8) is 0 Å². The van der Waals surface area contributed by atoms with Crippen molar-refractivity contribution in [3.8, 4) is 5.69 Å². The number of hydrogen-bond acceptors (Lipinski definition) is 6. The third-order valence-corrected chi connectivity index (χ3v) is 5.17. The summed E-state index contributed by atoms with van der Waals surface area (Å²) in [4.78, 5) is 29.4. The van der Waals surface area contributed by atoms with E-state index in [2.05, 4.69) is 25.3 Å². The molecule has 3 aromatic heterocycles. The monoisotopic (exact) mass is 424 g/mol. The van der Waals surface area contributed by atoms with Crippen LogP contribution in [0.15, 0.2) is 79.8 Å². The summed E-state index contributed by atoms with van der Waals surface area (Å²) < 4.78 is 3.68. The molecular formula is C23H20N8O. The van der Waals surface area contributed by atoms with Crippen LogP contribution in [0.3, 0.4) is 0 Å². The molecule has 0 fully saturated rings. The number of imidazole rings is 2. The van der Waals surface area contributed by atoms with E-state index < -0.39 is 0 Å². The van der Waals surface area contributed by atoms with Gasteiger partial charge in [-0.05, 0) is 23.3 Å². The first-order valence-electron chi connectivity index (χ1n) is 10.0. The van der Waals surface area contributed by atoms with E-state index in [9.17, 15) is 4.79 Å². The van der Waals surface area contributed by atoms with Gasteiger partial charge in [0.15, 0.2) is 17.0 Å². The van der Waals surface area contributed by atoms with Crippen LogP contribution >= 0.6 is 0 Å². The first kappa shape index (κ1) is 19.4. The topological polar surface area (TPSA) is 117 Å². The van der Waals surface area contributed by atoms with Gasteiger partial charge in [0.1, 0.15) is 18.3 Å². The van der Waals surface area contributed by atoms with Crippen LogP contribution in [0.1, 0.15) is 21.6 Å². The number of amides is 1. The smallest absolute Gasteiger partial charge is 0.269 e. The highest BCUT2D eigenvalue weighted by Crippen LogP contribution is 2.19. The lowest BCUT2D eigenvalue weighted by Crippen LogP contribution is -2.25. The fraction of sp³-hybridized carbons (Fsp3) is 0.0870. The van der Waals surface area contributed by atoms with Crippen LogP contribution in [0.5, 0.6) is 0 Å². The number of nitrogen functional groups attached to an aromatic ring is 1. The molecule has 0 radical (unpaired) electrons. The Bertz CT molecular complexity index is 1370. The number of carbonyl (C=O) groups is 1. The molecule has 5 rings (SSSR count). The van der Waals surface area contributed by atoms with Crippen LogP contribution in [0.4, 0.5) is 5.82 Å². The first-order valence-corrected chi connectivity index (χ1v) is 10.0. The lowest BCUT2D eigenvalue weighted by Gasteiger charge is -2.10. The van der Waals surface area contributed by atoms with Crippen molar-refractivity contribution in [2.45, 2.75) is 13.1 Å². The largest absolute Gasteiger partial charge is 0.382 e. The Labute approximate surface area is 183 Å². The van der Waals surface area contributed by atoms with Gasteiger partial charge in [-0.2, -0.15) is 0 Å². The Morgan fingerprint density at radius 2 is 1.75 bits per heavy atom. The maximum absolute atomic E-state index is 12.7. The Hall–Kier alpha value is -4.53. The standard InChI is InChI=1S/C23H20N8O/c24-21-20-22(28-13-27-21)31(15-29-20)18-8-6-16(7-9-18)10-26-23(32)19-11-25-14-30(19)12-17-4-2-1-3-5-17/h1-9,11,13-15H,10,12H2,(H,26,32)(H2,24,27,28). The summed E-state index contributed by atoms with van der Waals surface area (Å²) in [5, 5.41) is 2.96. The fourth-order valence-electron chi connectivity index (χ4n) is 3.51. The van der Waals surface area contributed by atoms with E-state index in [0.29, 0.717) is 35.8 Å². The quantitative estimate of drug-likeness (QED) is 0.433. The number of nitrogens with one attached hydrogen (secondary N) is 1. The molecular weight excluding hydrogens is 404 g/mol. The van der Waals surface area contributed by atoms with Gasteiger partial charge in [-0.15, -0.1) is 0 Å². The average molecular weight is 424 g/mol. The van der Waals surface area contributed by atoms with Crippen LogP contribution in [0.2, 0.25) is 0 Å². The first-order chi connectivity index (χ1) is 15.7. The molecule has 9 nitrogen and oxygen atoms in total. The Morgan fingerprint density at radius 1 is 0.938 bits per heavy atom. The minimum Gasteiger partial charge on any atom is -0.382 e. The number of carbonyl (C=O) groups excluding carboxylic acids is 1. The molecule has 9 heteroatoms. The third-order valence-electron chi connectivity index (χ3n) is 5.17. The van der Waals surface area contributed by atoms with Crippen molar-refractivity contribution in [1.29, 1.82) is 0 Å². The molecule has 0 spiro atoms. The molecule has 3 heterocycles. The molecule has 0 aliphatic carbocycles. The van der Waals surface area contributed by atoms with Gasteiger partial charge in [0.25, 0.3) is 5.91 Å². The van der Waals surface area contributed by atoms with Gasteiger partial charge in [0, 0.05) is 18.8 Å². The summed E-state index contributed by atoms with van der Waals surface area (Å²) in [5.41, 5.74) is 10.6. The number of fused-ring (bicyclic) bond motifs is 1. The van der Waals surface area contributed by atoms with Gasteiger partial charge >= 0.3 is 0 Å². The van der Waals surface area contributed by atoms with Gasteiger partial charge in [-0.1, -0.05) is 42.5 Å². The zero-order valence-electron chi connectivity index (χ0n) is 17.1. The van der Waals surface area contributed by atoms with Gasteiger partial charge in [-0.25, -0.2) is 19.9 Å². The molecule has 0 bridgehead atoms. The molecule has 0 aliphatic rings. The number of rotatable bonds is 6. The van der Waals surface area contributed by atoms with Gasteiger partial charge in [-0.3, -0.25) is 9.36 Å². The van der Waals surface area contributed by atoms with Crippen molar-refractivity contribution in [2.24, 2.45) is 0 Å². The summed E-state index contributed by atoms with van der Waals surface area (Å²) in [5.74, 6) is 0.176. The highest BCUT2D eigenvalue weighted by atomic mass is 16.1. The van der Waals surface area contributed by atoms with Crippen molar-refractivity contribution < 1.29 is 4.79 Å². The second-order valence-corrected chi connectivity index (χ2v) is 7.29. The average Bonchev–Trinajstić information content (AvgIpc) is 3.47. The maximum atomic E-state index is 12.7. The van der Waals surface area contributed by atoms with Crippen molar-refractivity contribution in [1.82, 2.24) is 34.4 Å². The van der Waals surface area contributed by atoms with E-state index >= 15 is 0 Å². The highest BCUT2D eigenvalue weighted by molar-refractivity contribution is 5.92. The second kappa shape index (κ2) is 8.31. The predicted octanol–water partition coefficient (Wildman–Crippen LogP) is 2.57. The molecule has 3 N–H and O–H groups in total. The maximum Gasteiger partial charge on any atom is 0.269 e. The molecule has 1 amide bonds. The molecule has 0 aliphatic heterocycles. The van der Waals surface area contributed by atoms with Crippen molar-refractivity contribution >= 4 is 22.9 Å². The van der Waals surface area contributed by atoms with Crippen LogP contribution < -0.4 is 11.1 Å². The van der Waals surface area contributed by atoms with Crippen LogP contribution in [0, 0.1) is 0 Å². The summed E-state index contributed by atoms with van der Waals surface area (Å²) in [6, 6.07) is 17.8. The zero-order valence-corrected chi connectivity index (χ0v) is 17.1. The lowest BCUT2D eigenvalue weighted by atomic mass is 10.2. The van der Waals surface area contributed by atoms with Crippen LogP contribution in [0.25, 0.3) is 16.9 Å². The molecule has 2 aromatic carbocycles. The minimum atomic E-state index is -0.171. The Morgan fingerprint density at radius 3 is 2.56 bits per heavy atom. The fourth-order valence-corrected chi connectivity index (χ4v) is 3.51. The highest BCUT2D eigenvalue weighted by Gasteiger charge is 2.13. The van der Waals surface area contributed by atoms with Crippen LogP contribution in [-0.2, 0) is 13.1 Å². The summed E-state index contributed by atoms with van der Waals surface area (Å²) in [7, 11) is 0. The zero-order chi connectivity index (χ0) is 21.9. The summed E-state index contributed by atoms with van der Waals surface area (Å²) >= 11 is 0. The molecule has 158 valence electrons. The molecule has 0 saturated carbocycles. The Balaban J connectivity index is 1.26. The van der Waals surface area contributed by atoms with Gasteiger partial charge in [0.05, 0.1) is 12.5 Å². The van der Waals surface area contributed by atoms with E-state index in [4.69, 9.17) is 5.73 Å². The van der Waals surface area contributed by atoms with Crippen molar-refractivity contribution in [2.75, 3.05) is 5.73 Å². The minimum absolute atomic E-state index is 0.171. The van der Waals surface area contributed by atoms with E-state index in [0.717, 1.165) is 16.8 Å². The Kier molecular flexibility index (Phi) is 5.04. The van der Waals surface area contributed by atoms with Gasteiger partial charge < -0.3 is 15.6 Å². The predicted molar refractivity (Wildman–Crippen MR) is 120 cm³/mol. The summed E-state index contributed by atoms with van der Waals surface area (Å²) in [6.07, 6.45) is 6.34. The number of benzene rings is 2. The molecule has 0 atom stereocenters. The third kappa shape index (κ3) is 3.79. The van der Waals surface area contributed by atoms with E-state index in [1.165, 1.54) is 6.33 Å². The summed E-state index contributed by atoms with van der Waals surface area (Å²) in [6.45, 7) is 0.987.